The van der Waals surface area contributed by atoms with Crippen LogP contribution in [-0.4, -0.2) is 16.8 Å². The van der Waals surface area contributed by atoms with Gasteiger partial charge >= 0.3 is 0 Å². The maximum absolute atomic E-state index is 12.5. The van der Waals surface area contributed by atoms with E-state index in [2.05, 4.69) is 15.6 Å². The van der Waals surface area contributed by atoms with Gasteiger partial charge in [-0.3, -0.25) is 9.59 Å². The van der Waals surface area contributed by atoms with Gasteiger partial charge in [0.25, 0.3) is 11.8 Å². The van der Waals surface area contributed by atoms with Gasteiger partial charge in [0.1, 0.15) is 10.8 Å². The third-order valence-electron chi connectivity index (χ3n) is 3.32. The van der Waals surface area contributed by atoms with Crippen molar-refractivity contribution in [3.8, 4) is 0 Å². The number of hydrogen-bond acceptors (Lipinski definition) is 4. The Balaban J connectivity index is 1.78. The molecule has 0 aliphatic carbocycles. The fraction of sp³-hybridized carbons (Fsp3) is 0. The van der Waals surface area contributed by atoms with Crippen molar-refractivity contribution in [3.05, 3.63) is 74.3 Å². The third kappa shape index (κ3) is 4.36. The summed E-state index contributed by atoms with van der Waals surface area (Å²) in [5.41, 5.74) is 0.652. The lowest BCUT2D eigenvalue weighted by Crippen LogP contribution is -2.15. The molecule has 0 radical (unpaired) electrons. The number of hydrogen-bond donors (Lipinski definition) is 2. The fourth-order valence-corrected chi connectivity index (χ4v) is 2.92. The van der Waals surface area contributed by atoms with E-state index in [-0.39, 0.29) is 31.7 Å². The number of nitrogens with zero attached hydrogens (tertiary/aromatic N) is 1. The van der Waals surface area contributed by atoms with Gasteiger partial charge in [-0.2, -0.15) is 0 Å². The Hall–Kier alpha value is -2.25. The lowest BCUT2D eigenvalue weighted by molar-refractivity contribution is 0.0994. The summed E-state index contributed by atoms with van der Waals surface area (Å²) in [4.78, 5) is 28.3. The van der Waals surface area contributed by atoms with Gasteiger partial charge in [0.2, 0.25) is 0 Å². The van der Waals surface area contributed by atoms with Crippen molar-refractivity contribution in [2.24, 2.45) is 0 Å². The van der Waals surface area contributed by atoms with Gasteiger partial charge in [0.15, 0.2) is 5.76 Å². The van der Waals surface area contributed by atoms with Crippen molar-refractivity contribution in [3.63, 3.8) is 0 Å². The minimum atomic E-state index is -0.644. The van der Waals surface area contributed by atoms with Crippen LogP contribution >= 0.6 is 46.4 Å². The molecule has 2 N–H and O–H groups in total. The Bertz CT molecular complexity index is 1020. The molecule has 3 rings (SSSR count). The lowest BCUT2D eigenvalue weighted by Gasteiger charge is -2.10. The normalized spacial score (nSPS) is 10.5. The van der Waals surface area contributed by atoms with Gasteiger partial charge in [-0.05, 0) is 30.3 Å². The molecule has 138 valence electrons. The van der Waals surface area contributed by atoms with Gasteiger partial charge in [0.05, 0.1) is 21.3 Å². The van der Waals surface area contributed by atoms with Crippen LogP contribution in [0, 0.1) is 0 Å². The zero-order valence-electron chi connectivity index (χ0n) is 13.2. The van der Waals surface area contributed by atoms with E-state index >= 15 is 0 Å². The number of anilines is 2. The third-order valence-corrected chi connectivity index (χ3v) is 5.00. The summed E-state index contributed by atoms with van der Waals surface area (Å²) in [6.45, 7) is 0. The van der Waals surface area contributed by atoms with Crippen LogP contribution in [0.25, 0.3) is 0 Å². The molecule has 0 saturated heterocycles. The summed E-state index contributed by atoms with van der Waals surface area (Å²) in [5.74, 6) is -0.912. The average molecular weight is 445 g/mol. The summed E-state index contributed by atoms with van der Waals surface area (Å²) in [6.07, 6.45) is 1.39. The second-order valence-corrected chi connectivity index (χ2v) is 6.65. The van der Waals surface area contributed by atoms with E-state index in [9.17, 15) is 9.59 Å². The van der Waals surface area contributed by atoms with E-state index in [4.69, 9.17) is 50.8 Å². The fourth-order valence-electron chi connectivity index (χ4n) is 2.10. The minimum absolute atomic E-state index is 0.0393. The van der Waals surface area contributed by atoms with Gasteiger partial charge in [-0.15, -0.1) is 0 Å². The predicted octanol–water partition coefficient (Wildman–Crippen LogP) is 5.79. The van der Waals surface area contributed by atoms with Crippen LogP contribution in [0.15, 0.2) is 47.1 Å². The average Bonchev–Trinajstić information content (AvgIpc) is 3.18. The maximum atomic E-state index is 12.5. The van der Waals surface area contributed by atoms with E-state index in [1.54, 1.807) is 30.3 Å². The van der Waals surface area contributed by atoms with Crippen molar-refractivity contribution in [1.29, 1.82) is 0 Å². The first-order chi connectivity index (χ1) is 12.9. The molecular weight excluding hydrogens is 436 g/mol. The molecule has 10 heteroatoms. The van der Waals surface area contributed by atoms with E-state index in [1.165, 1.54) is 12.3 Å². The highest BCUT2D eigenvalue weighted by Crippen LogP contribution is 2.36. The number of aromatic nitrogens is 1. The zero-order chi connectivity index (χ0) is 19.6. The van der Waals surface area contributed by atoms with Crippen molar-refractivity contribution >= 4 is 69.6 Å². The molecular formula is C17H9Cl4N3O3. The summed E-state index contributed by atoms with van der Waals surface area (Å²) in [7, 11) is 0. The molecule has 0 aliphatic rings. The summed E-state index contributed by atoms with van der Waals surface area (Å²) in [5, 5.41) is 4.88. The molecule has 0 saturated carbocycles. The number of amides is 2. The van der Waals surface area contributed by atoms with Crippen LogP contribution in [0.2, 0.25) is 20.2 Å². The van der Waals surface area contributed by atoms with Crippen molar-refractivity contribution in [1.82, 2.24) is 4.98 Å². The predicted molar refractivity (Wildman–Crippen MR) is 105 cm³/mol. The molecule has 2 amide bonds. The number of nitrogens with one attached hydrogen (secondary N) is 2. The number of carbonyl (C=O) groups excluding carboxylic acids is 2. The molecule has 1 aromatic carbocycles. The topological polar surface area (TPSA) is 84.2 Å². The smallest absolute Gasteiger partial charge is 0.291 e. The van der Waals surface area contributed by atoms with Gasteiger partial charge < -0.3 is 15.1 Å². The summed E-state index contributed by atoms with van der Waals surface area (Å²) >= 11 is 23.7. The number of carbonyl (C=O) groups is 2. The molecule has 27 heavy (non-hydrogen) atoms. The molecule has 0 fully saturated rings. The standard InChI is InChI=1S/C17H9Cl4N3O3/c18-11-12(19)14(24-15(21)13(11)20)17(26)23-9-4-1-3-8(7-9)22-16(25)10-5-2-6-27-10/h1-7H,(H,22,25)(H,23,26). The first-order valence-electron chi connectivity index (χ1n) is 7.33. The van der Waals surface area contributed by atoms with Crippen molar-refractivity contribution in [2.45, 2.75) is 0 Å². The largest absolute Gasteiger partial charge is 0.459 e. The minimum Gasteiger partial charge on any atom is -0.459 e. The Morgan fingerprint density at radius 2 is 1.52 bits per heavy atom. The quantitative estimate of drug-likeness (QED) is 0.498. The van der Waals surface area contributed by atoms with Crippen LogP contribution in [0.1, 0.15) is 21.0 Å². The van der Waals surface area contributed by atoms with E-state index in [0.29, 0.717) is 11.4 Å². The van der Waals surface area contributed by atoms with Crippen LogP contribution in [0.4, 0.5) is 11.4 Å². The zero-order valence-corrected chi connectivity index (χ0v) is 16.2. The van der Waals surface area contributed by atoms with E-state index in [1.807, 2.05) is 0 Å². The molecule has 2 aromatic heterocycles. The van der Waals surface area contributed by atoms with E-state index < -0.39 is 11.8 Å². The molecule has 2 heterocycles. The van der Waals surface area contributed by atoms with E-state index in [0.717, 1.165) is 0 Å². The number of furan rings is 1. The first kappa shape index (κ1) is 19.5. The van der Waals surface area contributed by atoms with Crippen LogP contribution < -0.4 is 10.6 Å². The second kappa shape index (κ2) is 8.19. The first-order valence-corrected chi connectivity index (χ1v) is 8.84. The summed E-state index contributed by atoms with van der Waals surface area (Å²) < 4.78 is 5.02. The Morgan fingerprint density at radius 3 is 2.15 bits per heavy atom. The summed E-state index contributed by atoms with van der Waals surface area (Å²) in [6, 6.07) is 9.59. The molecule has 0 aliphatic heterocycles. The van der Waals surface area contributed by atoms with Crippen LogP contribution in [0.3, 0.4) is 0 Å². The molecule has 0 atom stereocenters. The Kier molecular flexibility index (Phi) is 5.92. The van der Waals surface area contributed by atoms with Crippen LogP contribution in [-0.2, 0) is 0 Å². The van der Waals surface area contributed by atoms with Crippen LogP contribution in [0.5, 0.6) is 0 Å². The number of pyridine rings is 1. The molecule has 0 bridgehead atoms. The molecule has 3 aromatic rings. The second-order valence-electron chi connectivity index (χ2n) is 5.16. The molecule has 6 nitrogen and oxygen atoms in total. The number of halogens is 4. The number of rotatable bonds is 4. The van der Waals surface area contributed by atoms with Gasteiger partial charge in [-0.1, -0.05) is 52.5 Å². The Morgan fingerprint density at radius 1 is 0.852 bits per heavy atom. The van der Waals surface area contributed by atoms with Crippen molar-refractivity contribution in [2.75, 3.05) is 10.6 Å². The molecule has 0 unspecified atom stereocenters. The highest BCUT2D eigenvalue weighted by Gasteiger charge is 2.20. The van der Waals surface area contributed by atoms with Gasteiger partial charge in [0, 0.05) is 11.4 Å². The SMILES string of the molecule is O=C(Nc1cccc(NC(=O)c2nc(Cl)c(Cl)c(Cl)c2Cl)c1)c1ccco1. The number of benzene rings is 1. The van der Waals surface area contributed by atoms with Crippen molar-refractivity contribution < 1.29 is 14.0 Å². The monoisotopic (exact) mass is 443 g/mol. The molecule has 0 spiro atoms. The lowest BCUT2D eigenvalue weighted by atomic mass is 10.2. The highest BCUT2D eigenvalue weighted by atomic mass is 35.5. The maximum Gasteiger partial charge on any atom is 0.291 e. The van der Waals surface area contributed by atoms with Gasteiger partial charge in [-0.25, -0.2) is 4.98 Å². The highest BCUT2D eigenvalue weighted by molar-refractivity contribution is 6.52. The Labute approximate surface area is 173 Å².